The van der Waals surface area contributed by atoms with Gasteiger partial charge < -0.3 is 5.43 Å². The lowest BCUT2D eigenvalue weighted by Gasteiger charge is -2.05. The minimum Gasteiger partial charge on any atom is -0.312 e. The number of thiophene rings is 1. The fraction of sp³-hybridized carbons (Fsp3) is 0.444. The summed E-state index contributed by atoms with van der Waals surface area (Å²) >= 11 is 1.69. The number of rotatable bonds is 3. The summed E-state index contributed by atoms with van der Waals surface area (Å²) in [7, 11) is 0. The molecule has 1 aromatic heterocycles. The van der Waals surface area contributed by atoms with E-state index in [1.165, 1.54) is 5.56 Å². The average molecular weight is 197 g/mol. The number of hydrogen-bond acceptors (Lipinski definition) is 3. The first-order valence-electron chi connectivity index (χ1n) is 4.26. The van der Waals surface area contributed by atoms with Gasteiger partial charge in [-0.15, -0.1) is 0 Å². The molecule has 0 aliphatic rings. The molecule has 3 N–H and O–H groups in total. The van der Waals surface area contributed by atoms with Crippen LogP contribution in [0.1, 0.15) is 19.4 Å². The van der Waals surface area contributed by atoms with Crippen molar-refractivity contribution in [1.29, 1.82) is 0 Å². The van der Waals surface area contributed by atoms with Crippen LogP contribution >= 0.6 is 11.3 Å². The quantitative estimate of drug-likeness (QED) is 0.334. The molecule has 0 unspecified atom stereocenters. The highest BCUT2D eigenvalue weighted by Gasteiger charge is 2.00. The van der Waals surface area contributed by atoms with Gasteiger partial charge in [0.2, 0.25) is 0 Å². The van der Waals surface area contributed by atoms with Crippen LogP contribution in [0.3, 0.4) is 0 Å². The van der Waals surface area contributed by atoms with E-state index in [2.05, 4.69) is 27.2 Å². The Morgan fingerprint density at radius 1 is 1.69 bits per heavy atom. The summed E-state index contributed by atoms with van der Waals surface area (Å²) in [6.07, 6.45) is 0.790. The Morgan fingerprint density at radius 2 is 2.46 bits per heavy atom. The summed E-state index contributed by atoms with van der Waals surface area (Å²) in [5.41, 5.74) is 3.88. The van der Waals surface area contributed by atoms with Gasteiger partial charge >= 0.3 is 0 Å². The lowest BCUT2D eigenvalue weighted by molar-refractivity contribution is 0.811. The van der Waals surface area contributed by atoms with E-state index in [9.17, 15) is 0 Å². The van der Waals surface area contributed by atoms with Gasteiger partial charge in [0.1, 0.15) is 5.84 Å². The van der Waals surface area contributed by atoms with E-state index in [4.69, 9.17) is 5.84 Å². The Bertz CT molecular complexity index is 264. The molecule has 0 spiro atoms. The van der Waals surface area contributed by atoms with Gasteiger partial charge in [0.05, 0.1) is 0 Å². The molecule has 0 saturated heterocycles. The first kappa shape index (κ1) is 10.2. The maximum absolute atomic E-state index is 5.36. The molecule has 3 nitrogen and oxygen atoms in total. The van der Waals surface area contributed by atoms with Crippen LogP contribution in [0.2, 0.25) is 0 Å². The third kappa shape index (κ3) is 3.57. The summed E-state index contributed by atoms with van der Waals surface area (Å²) in [5.74, 6) is 6.20. The number of amidine groups is 1. The maximum atomic E-state index is 5.36. The van der Waals surface area contributed by atoms with Crippen molar-refractivity contribution in [2.75, 3.05) is 0 Å². The van der Waals surface area contributed by atoms with Crippen LogP contribution in [-0.2, 0) is 6.42 Å². The summed E-state index contributed by atoms with van der Waals surface area (Å²) in [5, 5.41) is 4.16. The first-order chi connectivity index (χ1) is 6.22. The van der Waals surface area contributed by atoms with Gasteiger partial charge in [-0.1, -0.05) is 0 Å². The largest absolute Gasteiger partial charge is 0.312 e. The van der Waals surface area contributed by atoms with Crippen molar-refractivity contribution in [3.63, 3.8) is 0 Å². The molecule has 0 bridgehead atoms. The third-order valence-electron chi connectivity index (χ3n) is 1.53. The summed E-state index contributed by atoms with van der Waals surface area (Å²) in [6, 6.07) is 2.36. The van der Waals surface area contributed by atoms with Crippen LogP contribution in [0.15, 0.2) is 21.8 Å². The lowest BCUT2D eigenvalue weighted by atomic mass is 10.2. The Labute approximate surface area is 82.7 Å². The molecule has 4 heteroatoms. The first-order valence-corrected chi connectivity index (χ1v) is 5.21. The number of hydrazine groups is 1. The van der Waals surface area contributed by atoms with Crippen LogP contribution < -0.4 is 11.3 Å². The van der Waals surface area contributed by atoms with Crippen molar-refractivity contribution in [3.8, 4) is 0 Å². The van der Waals surface area contributed by atoms with E-state index >= 15 is 0 Å². The highest BCUT2D eigenvalue weighted by atomic mass is 32.1. The average Bonchev–Trinajstić information content (AvgIpc) is 2.55. The van der Waals surface area contributed by atoms with Crippen LogP contribution in [0.5, 0.6) is 0 Å². The van der Waals surface area contributed by atoms with E-state index in [-0.39, 0.29) is 6.04 Å². The summed E-state index contributed by atoms with van der Waals surface area (Å²) in [4.78, 5) is 4.36. The molecule has 1 heterocycles. The smallest absolute Gasteiger partial charge is 0.115 e. The second kappa shape index (κ2) is 4.99. The Hall–Kier alpha value is -0.870. The molecule has 0 aliphatic carbocycles. The molecule has 1 rings (SSSR count). The minimum atomic E-state index is 0.282. The molecule has 0 aliphatic heterocycles. The molecule has 0 amide bonds. The molecule has 0 saturated carbocycles. The van der Waals surface area contributed by atoms with E-state index in [1.54, 1.807) is 11.3 Å². The molecule has 0 aromatic carbocycles. The van der Waals surface area contributed by atoms with Gasteiger partial charge in [0.25, 0.3) is 0 Å². The second-order valence-corrected chi connectivity index (χ2v) is 3.90. The van der Waals surface area contributed by atoms with Crippen molar-refractivity contribution < 1.29 is 0 Å². The Balaban J connectivity index is 2.60. The van der Waals surface area contributed by atoms with E-state index in [0.717, 1.165) is 12.3 Å². The topological polar surface area (TPSA) is 50.4 Å². The molecule has 72 valence electrons. The number of nitrogens with one attached hydrogen (secondary N) is 1. The Kier molecular flexibility index (Phi) is 3.92. The minimum absolute atomic E-state index is 0.282. The molecular formula is C9H15N3S. The monoisotopic (exact) mass is 197 g/mol. The van der Waals surface area contributed by atoms with Crippen molar-refractivity contribution in [2.45, 2.75) is 26.3 Å². The van der Waals surface area contributed by atoms with E-state index in [1.807, 2.05) is 13.8 Å². The van der Waals surface area contributed by atoms with Crippen LogP contribution in [-0.4, -0.2) is 11.9 Å². The predicted octanol–water partition coefficient (Wildman–Crippen LogP) is 1.56. The summed E-state index contributed by atoms with van der Waals surface area (Å²) in [6.45, 7) is 4.07. The van der Waals surface area contributed by atoms with Crippen molar-refractivity contribution >= 4 is 17.2 Å². The van der Waals surface area contributed by atoms with Crippen molar-refractivity contribution in [3.05, 3.63) is 22.4 Å². The SMILES string of the molecule is CC(C)N=C(Cc1ccsc1)NN. The highest BCUT2D eigenvalue weighted by molar-refractivity contribution is 7.07. The molecule has 13 heavy (non-hydrogen) atoms. The van der Waals surface area contributed by atoms with Gasteiger partial charge in [0, 0.05) is 12.5 Å². The zero-order valence-corrected chi connectivity index (χ0v) is 8.77. The zero-order chi connectivity index (χ0) is 9.68. The molecule has 0 radical (unpaired) electrons. The third-order valence-corrected chi connectivity index (χ3v) is 2.26. The van der Waals surface area contributed by atoms with E-state index < -0.39 is 0 Å². The van der Waals surface area contributed by atoms with Crippen molar-refractivity contribution in [2.24, 2.45) is 10.8 Å². The van der Waals surface area contributed by atoms with Gasteiger partial charge in [-0.3, -0.25) is 4.99 Å². The van der Waals surface area contributed by atoms with Gasteiger partial charge in [0.15, 0.2) is 0 Å². The second-order valence-electron chi connectivity index (χ2n) is 3.12. The standard InChI is InChI=1S/C9H15N3S/c1-7(2)11-9(12-10)5-8-3-4-13-6-8/h3-4,6-7H,5,10H2,1-2H3,(H,11,12). The van der Waals surface area contributed by atoms with Crippen LogP contribution in [0.4, 0.5) is 0 Å². The number of nitrogens with two attached hydrogens (primary N) is 1. The van der Waals surface area contributed by atoms with E-state index in [0.29, 0.717) is 0 Å². The highest BCUT2D eigenvalue weighted by Crippen LogP contribution is 2.06. The number of hydrogen-bond donors (Lipinski definition) is 2. The number of nitrogens with zero attached hydrogens (tertiary/aromatic N) is 1. The van der Waals surface area contributed by atoms with Gasteiger partial charge in [-0.25, -0.2) is 5.84 Å². The lowest BCUT2D eigenvalue weighted by Crippen LogP contribution is -2.32. The van der Waals surface area contributed by atoms with Gasteiger partial charge in [-0.05, 0) is 36.2 Å². The predicted molar refractivity (Wildman–Crippen MR) is 57.9 cm³/mol. The van der Waals surface area contributed by atoms with Gasteiger partial charge in [-0.2, -0.15) is 11.3 Å². The normalized spacial score (nSPS) is 12.2. The van der Waals surface area contributed by atoms with Crippen LogP contribution in [0, 0.1) is 0 Å². The van der Waals surface area contributed by atoms with Crippen LogP contribution in [0.25, 0.3) is 0 Å². The zero-order valence-electron chi connectivity index (χ0n) is 7.95. The fourth-order valence-corrected chi connectivity index (χ4v) is 1.70. The fourth-order valence-electron chi connectivity index (χ4n) is 1.03. The van der Waals surface area contributed by atoms with Crippen molar-refractivity contribution in [1.82, 2.24) is 5.43 Å². The maximum Gasteiger partial charge on any atom is 0.115 e. The molecular weight excluding hydrogens is 182 g/mol. The number of aliphatic imine (C=N–C) groups is 1. The molecule has 1 aromatic rings. The molecule has 0 fully saturated rings. The molecule has 0 atom stereocenters. The summed E-state index contributed by atoms with van der Waals surface area (Å²) < 4.78 is 0. The Morgan fingerprint density at radius 3 is 2.92 bits per heavy atom.